The van der Waals surface area contributed by atoms with Gasteiger partial charge in [-0.25, -0.2) is 8.42 Å². The average molecular weight is 488 g/mol. The number of amides is 1. The van der Waals surface area contributed by atoms with Crippen molar-refractivity contribution < 1.29 is 18.0 Å². The predicted octanol–water partition coefficient (Wildman–Crippen LogP) is 3.78. The van der Waals surface area contributed by atoms with Crippen LogP contribution >= 0.6 is 0 Å². The van der Waals surface area contributed by atoms with Gasteiger partial charge in [-0.3, -0.25) is 4.79 Å². The molecule has 0 saturated carbocycles. The zero-order valence-corrected chi connectivity index (χ0v) is 21.4. The quantitative estimate of drug-likeness (QED) is 0.467. The molecule has 3 rings (SSSR count). The highest BCUT2D eigenvalue weighted by Crippen LogP contribution is 2.32. The summed E-state index contributed by atoms with van der Waals surface area (Å²) in [6.45, 7) is 12.3. The summed E-state index contributed by atoms with van der Waals surface area (Å²) in [6, 6.07) is 10.6. The van der Waals surface area contributed by atoms with Gasteiger partial charge < -0.3 is 10.2 Å². The zero-order chi connectivity index (χ0) is 25.0. The molecule has 0 aliphatic rings. The number of hydrogen-bond acceptors (Lipinski definition) is 6. The molecule has 3 aromatic rings. The van der Waals surface area contributed by atoms with Gasteiger partial charge in [0, 0.05) is 18.8 Å². The molecule has 34 heavy (non-hydrogen) atoms. The van der Waals surface area contributed by atoms with Crippen molar-refractivity contribution in [2.75, 3.05) is 25.0 Å². The molecular weight excluding hydrogens is 454 g/mol. The maximum atomic E-state index is 12.9. The molecule has 1 aromatic heterocycles. The fraction of sp³-hybridized carbons (Fsp3) is 0.458. The number of sulfonamides is 1. The average Bonchev–Trinajstić information content (AvgIpc) is 3.20. The lowest BCUT2D eigenvalue weighted by atomic mass is 9.92. The van der Waals surface area contributed by atoms with Crippen molar-refractivity contribution in [3.63, 3.8) is 0 Å². The molecule has 0 radical (unpaired) electrons. The number of fused-ring (bicyclic) bond motifs is 1. The SMILES string of the molecule is CCN(CC)S(=O)(=O)c1ccc2nnn(OCC(=O)Nc3c(C(C)C)cccc3C(C)C)c2c1. The lowest BCUT2D eigenvalue weighted by Crippen LogP contribution is -2.30. The van der Waals surface area contributed by atoms with E-state index >= 15 is 0 Å². The first-order chi connectivity index (χ1) is 16.1. The number of carbonyl (C=O) groups is 1. The summed E-state index contributed by atoms with van der Waals surface area (Å²) in [5.41, 5.74) is 3.74. The molecule has 10 heteroatoms. The van der Waals surface area contributed by atoms with Gasteiger partial charge >= 0.3 is 0 Å². The largest absolute Gasteiger partial charge is 0.385 e. The molecular formula is C24H33N5O4S. The Morgan fingerprint density at radius 3 is 2.24 bits per heavy atom. The van der Waals surface area contributed by atoms with Crippen LogP contribution in [0.3, 0.4) is 0 Å². The van der Waals surface area contributed by atoms with E-state index < -0.39 is 10.0 Å². The summed E-state index contributed by atoms with van der Waals surface area (Å²) in [5.74, 6) is 0.131. The summed E-state index contributed by atoms with van der Waals surface area (Å²) in [5, 5.41) is 10.9. The smallest absolute Gasteiger partial charge is 0.265 e. The fourth-order valence-corrected chi connectivity index (χ4v) is 5.32. The fourth-order valence-electron chi connectivity index (χ4n) is 3.84. The third kappa shape index (κ3) is 5.23. The lowest BCUT2D eigenvalue weighted by molar-refractivity contribution is -0.121. The van der Waals surface area contributed by atoms with Crippen LogP contribution in [0.2, 0.25) is 0 Å². The molecule has 1 heterocycles. The number of hydrogen-bond donors (Lipinski definition) is 1. The van der Waals surface area contributed by atoms with Crippen LogP contribution in [0.1, 0.15) is 64.5 Å². The first-order valence-corrected chi connectivity index (χ1v) is 13.0. The van der Waals surface area contributed by atoms with Crippen molar-refractivity contribution in [2.24, 2.45) is 0 Å². The van der Waals surface area contributed by atoms with Gasteiger partial charge in [-0.05, 0) is 46.4 Å². The molecule has 0 spiro atoms. The number of benzene rings is 2. The Morgan fingerprint density at radius 2 is 1.68 bits per heavy atom. The van der Waals surface area contributed by atoms with Crippen molar-refractivity contribution in [2.45, 2.75) is 58.3 Å². The second-order valence-electron chi connectivity index (χ2n) is 8.64. The van der Waals surface area contributed by atoms with Gasteiger partial charge in [0.15, 0.2) is 6.61 Å². The van der Waals surface area contributed by atoms with Crippen LogP contribution in [0.4, 0.5) is 5.69 Å². The number of anilines is 1. The summed E-state index contributed by atoms with van der Waals surface area (Å²) in [6.07, 6.45) is 0. The van der Waals surface area contributed by atoms with Gasteiger partial charge in [-0.15, -0.1) is 5.10 Å². The van der Waals surface area contributed by atoms with E-state index in [-0.39, 0.29) is 29.2 Å². The normalized spacial score (nSPS) is 12.1. The van der Waals surface area contributed by atoms with E-state index in [0.29, 0.717) is 24.1 Å². The molecule has 184 valence electrons. The van der Waals surface area contributed by atoms with Crippen LogP contribution in [0, 0.1) is 0 Å². The molecule has 0 atom stereocenters. The van der Waals surface area contributed by atoms with Crippen molar-refractivity contribution in [1.29, 1.82) is 0 Å². The van der Waals surface area contributed by atoms with Gasteiger partial charge in [0.1, 0.15) is 11.0 Å². The molecule has 2 aromatic carbocycles. The highest BCUT2D eigenvalue weighted by molar-refractivity contribution is 7.89. The van der Waals surface area contributed by atoms with Crippen molar-refractivity contribution in [3.05, 3.63) is 47.5 Å². The van der Waals surface area contributed by atoms with E-state index in [1.54, 1.807) is 19.9 Å². The molecule has 0 aliphatic carbocycles. The second-order valence-corrected chi connectivity index (χ2v) is 10.6. The highest BCUT2D eigenvalue weighted by atomic mass is 32.2. The third-order valence-electron chi connectivity index (χ3n) is 5.69. The van der Waals surface area contributed by atoms with Crippen LogP contribution in [-0.2, 0) is 14.8 Å². The number of para-hydroxylation sites is 1. The highest BCUT2D eigenvalue weighted by Gasteiger charge is 2.23. The standard InChI is InChI=1S/C24H33N5O4S/c1-7-28(8-2)34(31,32)18-12-13-21-22(14-18)29(27-26-21)33-15-23(30)25-24-19(16(3)4)10-9-11-20(24)17(5)6/h9-14,16-17H,7-8,15H2,1-6H3,(H,25,30). The molecule has 0 bridgehead atoms. The molecule has 0 aliphatic heterocycles. The molecule has 1 amide bonds. The van der Waals surface area contributed by atoms with Crippen LogP contribution in [0.15, 0.2) is 41.3 Å². The minimum Gasteiger partial charge on any atom is -0.385 e. The first kappa shape index (κ1) is 25.6. The van der Waals surface area contributed by atoms with Gasteiger partial charge in [-0.2, -0.15) is 4.31 Å². The maximum absolute atomic E-state index is 12.9. The van der Waals surface area contributed by atoms with E-state index in [2.05, 4.69) is 43.3 Å². The van der Waals surface area contributed by atoms with E-state index in [1.807, 2.05) is 18.2 Å². The lowest BCUT2D eigenvalue weighted by Gasteiger charge is -2.20. The van der Waals surface area contributed by atoms with E-state index in [4.69, 9.17) is 4.84 Å². The van der Waals surface area contributed by atoms with Crippen molar-refractivity contribution in [1.82, 2.24) is 19.5 Å². The Hall–Kier alpha value is -2.98. The molecule has 1 N–H and O–H groups in total. The van der Waals surface area contributed by atoms with Crippen LogP contribution in [0.5, 0.6) is 0 Å². The third-order valence-corrected chi connectivity index (χ3v) is 7.73. The van der Waals surface area contributed by atoms with Gasteiger partial charge in [0.05, 0.1) is 4.90 Å². The minimum absolute atomic E-state index is 0.118. The summed E-state index contributed by atoms with van der Waals surface area (Å²) in [7, 11) is -3.66. The first-order valence-electron chi connectivity index (χ1n) is 11.5. The molecule has 0 fully saturated rings. The van der Waals surface area contributed by atoms with Gasteiger partial charge in [-0.1, -0.05) is 64.6 Å². The number of nitrogens with zero attached hydrogens (tertiary/aromatic N) is 4. The Balaban J connectivity index is 1.82. The Bertz CT molecular complexity index is 1240. The number of nitrogens with one attached hydrogen (secondary N) is 1. The number of carbonyl (C=O) groups excluding carboxylic acids is 1. The van der Waals surface area contributed by atoms with Crippen LogP contribution < -0.4 is 10.2 Å². The minimum atomic E-state index is -3.66. The molecule has 9 nitrogen and oxygen atoms in total. The topological polar surface area (TPSA) is 106 Å². The van der Waals surface area contributed by atoms with E-state index in [1.165, 1.54) is 16.4 Å². The van der Waals surface area contributed by atoms with E-state index in [9.17, 15) is 13.2 Å². The maximum Gasteiger partial charge on any atom is 0.265 e. The summed E-state index contributed by atoms with van der Waals surface area (Å²) < 4.78 is 27.1. The Kier molecular flexibility index (Phi) is 7.93. The molecule has 0 saturated heterocycles. The van der Waals surface area contributed by atoms with Gasteiger partial charge in [0.25, 0.3) is 5.91 Å². The number of aromatic nitrogens is 3. The van der Waals surface area contributed by atoms with Crippen LogP contribution in [0.25, 0.3) is 11.0 Å². The zero-order valence-electron chi connectivity index (χ0n) is 20.6. The molecule has 0 unspecified atom stereocenters. The van der Waals surface area contributed by atoms with Crippen molar-refractivity contribution >= 4 is 32.7 Å². The van der Waals surface area contributed by atoms with Gasteiger partial charge in [0.2, 0.25) is 10.0 Å². The van der Waals surface area contributed by atoms with Crippen molar-refractivity contribution in [3.8, 4) is 0 Å². The predicted molar refractivity (Wildman–Crippen MR) is 132 cm³/mol. The van der Waals surface area contributed by atoms with Crippen LogP contribution in [-0.4, -0.2) is 53.5 Å². The second kappa shape index (κ2) is 10.5. The Morgan fingerprint density at radius 1 is 1.06 bits per heavy atom. The Labute approximate surface area is 201 Å². The number of rotatable bonds is 10. The van der Waals surface area contributed by atoms with E-state index in [0.717, 1.165) is 21.7 Å². The summed E-state index contributed by atoms with van der Waals surface area (Å²) >= 11 is 0. The monoisotopic (exact) mass is 487 g/mol. The summed E-state index contributed by atoms with van der Waals surface area (Å²) in [4.78, 5) is 19.6.